The van der Waals surface area contributed by atoms with Gasteiger partial charge in [-0.1, -0.05) is 26.8 Å². The highest BCUT2D eigenvalue weighted by Gasteiger charge is 2.33. The number of aliphatic hydroxyl groups is 1. The van der Waals surface area contributed by atoms with E-state index >= 15 is 0 Å². The molecule has 4 nitrogen and oxygen atoms in total. The van der Waals surface area contributed by atoms with Crippen LogP contribution in [0.2, 0.25) is 0 Å². The Morgan fingerprint density at radius 3 is 2.35 bits per heavy atom. The number of ether oxygens (including phenoxy) is 1. The molecule has 0 atom stereocenters. The van der Waals surface area contributed by atoms with E-state index in [9.17, 15) is 5.11 Å². The monoisotopic (exact) mass is 320 g/mol. The van der Waals surface area contributed by atoms with Crippen LogP contribution in [-0.4, -0.2) is 41.5 Å². The van der Waals surface area contributed by atoms with E-state index in [1.807, 2.05) is 6.20 Å². The van der Waals surface area contributed by atoms with Gasteiger partial charge in [0.2, 0.25) is 0 Å². The highest BCUT2D eigenvalue weighted by atomic mass is 16.5. The van der Waals surface area contributed by atoms with E-state index in [2.05, 4.69) is 56.6 Å². The number of pyridine rings is 1. The average Bonchev–Trinajstić information content (AvgIpc) is 2.47. The van der Waals surface area contributed by atoms with Gasteiger partial charge in [-0.3, -0.25) is 0 Å². The number of rotatable bonds is 5. The molecule has 4 heteroatoms. The molecule has 0 aromatic carbocycles. The van der Waals surface area contributed by atoms with E-state index in [-0.39, 0.29) is 17.1 Å². The number of anilines is 1. The van der Waals surface area contributed by atoms with E-state index in [0.29, 0.717) is 6.61 Å². The van der Waals surface area contributed by atoms with Crippen LogP contribution in [0.4, 0.5) is 5.82 Å². The van der Waals surface area contributed by atoms with Gasteiger partial charge in [-0.05, 0) is 50.2 Å². The average molecular weight is 320 g/mol. The summed E-state index contributed by atoms with van der Waals surface area (Å²) < 4.78 is 6.09. The van der Waals surface area contributed by atoms with Gasteiger partial charge in [0.05, 0.1) is 18.3 Å². The Kier molecular flexibility index (Phi) is 5.69. The summed E-state index contributed by atoms with van der Waals surface area (Å²) in [4.78, 5) is 6.83. The molecule has 1 aliphatic rings. The minimum atomic E-state index is -0.145. The van der Waals surface area contributed by atoms with Gasteiger partial charge >= 0.3 is 0 Å². The second-order valence-electron chi connectivity index (χ2n) is 8.10. The van der Waals surface area contributed by atoms with Crippen molar-refractivity contribution < 1.29 is 9.84 Å². The lowest BCUT2D eigenvalue weighted by Gasteiger charge is -2.38. The molecule has 1 aromatic rings. The van der Waals surface area contributed by atoms with Crippen molar-refractivity contribution in [2.24, 2.45) is 5.41 Å². The third kappa shape index (κ3) is 4.92. The number of nitrogens with zero attached hydrogens (tertiary/aromatic N) is 2. The van der Waals surface area contributed by atoms with Gasteiger partial charge in [0.1, 0.15) is 5.82 Å². The Hall–Kier alpha value is -1.13. The lowest BCUT2D eigenvalue weighted by molar-refractivity contribution is -0.0890. The van der Waals surface area contributed by atoms with Crippen LogP contribution < -0.4 is 4.90 Å². The fraction of sp³-hybridized carbons (Fsp3) is 0.737. The zero-order valence-electron chi connectivity index (χ0n) is 15.3. The summed E-state index contributed by atoms with van der Waals surface area (Å²) in [6.07, 6.45) is 4.35. The fourth-order valence-electron chi connectivity index (χ4n) is 2.49. The predicted molar refractivity (Wildman–Crippen MR) is 94.9 cm³/mol. The second kappa shape index (κ2) is 7.18. The molecule has 0 amide bonds. The number of hydrogen-bond acceptors (Lipinski definition) is 4. The lowest BCUT2D eigenvalue weighted by atomic mass is 9.79. The molecule has 130 valence electrons. The molecule has 0 bridgehead atoms. The molecular weight excluding hydrogens is 288 g/mol. The highest BCUT2D eigenvalue weighted by Crippen LogP contribution is 2.32. The van der Waals surface area contributed by atoms with Crippen molar-refractivity contribution in [3.63, 3.8) is 0 Å². The topological polar surface area (TPSA) is 45.6 Å². The Morgan fingerprint density at radius 1 is 1.17 bits per heavy atom. The summed E-state index contributed by atoms with van der Waals surface area (Å²) in [6, 6.07) is 4.22. The first kappa shape index (κ1) is 18.2. The molecule has 2 rings (SSSR count). The third-order valence-electron chi connectivity index (χ3n) is 5.26. The minimum Gasteiger partial charge on any atom is -0.393 e. The second-order valence-corrected chi connectivity index (χ2v) is 8.10. The molecule has 1 fully saturated rings. The van der Waals surface area contributed by atoms with E-state index in [1.54, 1.807) is 0 Å². The van der Waals surface area contributed by atoms with Gasteiger partial charge < -0.3 is 14.7 Å². The van der Waals surface area contributed by atoms with Crippen LogP contribution in [0.25, 0.3) is 0 Å². The molecule has 0 unspecified atom stereocenters. The van der Waals surface area contributed by atoms with Crippen molar-refractivity contribution in [2.75, 3.05) is 24.6 Å². The fourth-order valence-corrected chi connectivity index (χ4v) is 2.49. The van der Waals surface area contributed by atoms with Gasteiger partial charge in [-0.25, -0.2) is 4.98 Å². The van der Waals surface area contributed by atoms with Crippen molar-refractivity contribution in [2.45, 2.75) is 65.6 Å². The first-order valence-electron chi connectivity index (χ1n) is 8.71. The number of aromatic nitrogens is 1. The summed E-state index contributed by atoms with van der Waals surface area (Å²) in [5, 5.41) is 9.58. The van der Waals surface area contributed by atoms with Crippen LogP contribution >= 0.6 is 0 Å². The maximum Gasteiger partial charge on any atom is 0.128 e. The normalized spacial score (nSPS) is 17.6. The smallest absolute Gasteiger partial charge is 0.128 e. The van der Waals surface area contributed by atoms with Crippen LogP contribution in [0.1, 0.15) is 53.0 Å². The lowest BCUT2D eigenvalue weighted by Crippen LogP contribution is -2.40. The van der Waals surface area contributed by atoms with Gasteiger partial charge in [-0.15, -0.1) is 0 Å². The molecule has 2 heterocycles. The van der Waals surface area contributed by atoms with Gasteiger partial charge in [0.15, 0.2) is 0 Å². The van der Waals surface area contributed by atoms with Crippen LogP contribution in [0, 0.1) is 5.41 Å². The Labute approximate surface area is 140 Å². The summed E-state index contributed by atoms with van der Waals surface area (Å²) in [5.41, 5.74) is 1.18. The van der Waals surface area contributed by atoms with Crippen molar-refractivity contribution in [3.05, 3.63) is 23.9 Å². The molecule has 0 radical (unpaired) electrons. The molecule has 1 N–H and O–H groups in total. The quantitative estimate of drug-likeness (QED) is 0.903. The largest absolute Gasteiger partial charge is 0.393 e. The van der Waals surface area contributed by atoms with Crippen LogP contribution in [-0.2, 0) is 11.2 Å². The Morgan fingerprint density at radius 2 is 1.83 bits per heavy atom. The molecule has 1 aromatic heterocycles. The van der Waals surface area contributed by atoms with Crippen molar-refractivity contribution in [3.8, 4) is 0 Å². The third-order valence-corrected chi connectivity index (χ3v) is 5.26. The van der Waals surface area contributed by atoms with Crippen molar-refractivity contribution in [1.82, 2.24) is 4.98 Å². The standard InChI is InChI=1S/C19H32N2O2/c1-18(2,3)19(4,5)23-13-10-15-6-7-17(20-14-15)21-11-8-16(22)9-12-21/h6-7,14,16,22H,8-13H2,1-5H3. The van der Waals surface area contributed by atoms with Crippen LogP contribution in [0.3, 0.4) is 0 Å². The van der Waals surface area contributed by atoms with Gasteiger partial charge in [-0.2, -0.15) is 0 Å². The maximum atomic E-state index is 9.58. The number of piperidine rings is 1. The molecule has 1 aliphatic heterocycles. The SMILES string of the molecule is CC(C)(C)C(C)(C)OCCc1ccc(N2CCC(O)CC2)nc1. The molecule has 0 spiro atoms. The zero-order chi connectivity index (χ0) is 17.1. The van der Waals surface area contributed by atoms with Crippen LogP contribution in [0.5, 0.6) is 0 Å². The number of aliphatic hydroxyl groups excluding tert-OH is 1. The summed E-state index contributed by atoms with van der Waals surface area (Å²) in [7, 11) is 0. The van der Waals surface area contributed by atoms with Crippen molar-refractivity contribution in [1.29, 1.82) is 0 Å². The molecule has 23 heavy (non-hydrogen) atoms. The first-order valence-corrected chi connectivity index (χ1v) is 8.71. The Bertz CT molecular complexity index is 483. The van der Waals surface area contributed by atoms with Gasteiger partial charge in [0.25, 0.3) is 0 Å². The zero-order valence-corrected chi connectivity index (χ0v) is 15.3. The van der Waals surface area contributed by atoms with E-state index in [1.165, 1.54) is 5.56 Å². The summed E-state index contributed by atoms with van der Waals surface area (Å²) in [5.74, 6) is 1.01. The van der Waals surface area contributed by atoms with Crippen molar-refractivity contribution >= 4 is 5.82 Å². The minimum absolute atomic E-state index is 0.119. The molecule has 0 aliphatic carbocycles. The first-order chi connectivity index (χ1) is 10.7. The molecule has 0 saturated carbocycles. The maximum absolute atomic E-state index is 9.58. The van der Waals surface area contributed by atoms with E-state index in [4.69, 9.17) is 4.74 Å². The van der Waals surface area contributed by atoms with E-state index in [0.717, 1.165) is 38.2 Å². The van der Waals surface area contributed by atoms with E-state index < -0.39 is 0 Å². The summed E-state index contributed by atoms with van der Waals surface area (Å²) in [6.45, 7) is 13.4. The Balaban J connectivity index is 1.84. The molecular formula is C19H32N2O2. The summed E-state index contributed by atoms with van der Waals surface area (Å²) >= 11 is 0. The number of hydrogen-bond donors (Lipinski definition) is 1. The van der Waals surface area contributed by atoms with Crippen LogP contribution in [0.15, 0.2) is 18.3 Å². The van der Waals surface area contributed by atoms with Gasteiger partial charge in [0, 0.05) is 19.3 Å². The molecule has 1 saturated heterocycles. The highest BCUT2D eigenvalue weighted by molar-refractivity contribution is 5.39. The predicted octanol–water partition coefficient (Wildman–Crippen LogP) is 3.43.